The molecule has 4 rings (SSSR count). The van der Waals surface area contributed by atoms with Gasteiger partial charge in [0.25, 0.3) is 0 Å². The zero-order valence-corrected chi connectivity index (χ0v) is 17.2. The summed E-state index contributed by atoms with van der Waals surface area (Å²) in [6.07, 6.45) is 1.55. The van der Waals surface area contributed by atoms with Gasteiger partial charge in [-0.3, -0.25) is 4.90 Å². The lowest BCUT2D eigenvalue weighted by Crippen LogP contribution is -2.44. The molecule has 1 aliphatic rings. The van der Waals surface area contributed by atoms with Crippen molar-refractivity contribution < 1.29 is 19.4 Å². The number of nitrogens with zero attached hydrogens (tertiary/aromatic N) is 1. The maximum atomic E-state index is 14.3. The Bertz CT molecular complexity index is 992. The Balaban J connectivity index is 1.51. The molecule has 31 heavy (non-hydrogen) atoms. The van der Waals surface area contributed by atoms with Crippen LogP contribution in [0.1, 0.15) is 39.9 Å². The fourth-order valence-corrected chi connectivity index (χ4v) is 4.58. The van der Waals surface area contributed by atoms with Gasteiger partial charge in [0.05, 0.1) is 5.56 Å². The number of hydrogen-bond donors (Lipinski definition) is 2. The monoisotopic (exact) mass is 419 g/mol. The van der Waals surface area contributed by atoms with E-state index >= 15 is 0 Å². The molecule has 4 nitrogen and oxygen atoms in total. The molecule has 1 heterocycles. The Morgan fingerprint density at radius 1 is 0.935 bits per heavy atom. The van der Waals surface area contributed by atoms with Gasteiger partial charge in [0.2, 0.25) is 0 Å². The van der Waals surface area contributed by atoms with Crippen molar-refractivity contribution >= 4 is 5.97 Å². The van der Waals surface area contributed by atoms with Crippen LogP contribution >= 0.6 is 0 Å². The van der Waals surface area contributed by atoms with E-state index in [9.17, 15) is 14.3 Å². The molecule has 0 amide bonds. The van der Waals surface area contributed by atoms with Crippen LogP contribution in [0.15, 0.2) is 78.9 Å². The van der Waals surface area contributed by atoms with E-state index < -0.39 is 17.4 Å². The number of piperidine rings is 1. The summed E-state index contributed by atoms with van der Waals surface area (Å²) in [5.41, 5.74) is 1.13. The van der Waals surface area contributed by atoms with Crippen molar-refractivity contribution in [2.75, 3.05) is 13.1 Å². The number of carboxylic acid groups (broad SMARTS) is 1. The van der Waals surface area contributed by atoms with Crippen molar-refractivity contribution in [2.45, 2.75) is 25.0 Å². The Morgan fingerprint density at radius 2 is 1.48 bits per heavy atom. The predicted molar refractivity (Wildman–Crippen MR) is 117 cm³/mol. The topological polar surface area (TPSA) is 60.8 Å². The molecule has 160 valence electrons. The molecule has 0 spiro atoms. The number of carboxylic acids is 1. The summed E-state index contributed by atoms with van der Waals surface area (Å²) >= 11 is 0. The van der Waals surface area contributed by atoms with Gasteiger partial charge in [0.1, 0.15) is 11.4 Å². The van der Waals surface area contributed by atoms with Crippen LogP contribution < -0.4 is 0 Å². The van der Waals surface area contributed by atoms with Crippen molar-refractivity contribution in [3.63, 3.8) is 0 Å². The van der Waals surface area contributed by atoms with E-state index in [1.807, 2.05) is 60.7 Å². The first-order valence-corrected chi connectivity index (χ1v) is 10.6. The Kier molecular flexibility index (Phi) is 6.16. The standard InChI is InChI=1S/C26H26FNO3/c27-24-17-19(25(29)30)11-12-20(24)18-28-15-13-23(14-16-28)26(31,21-7-3-1-4-8-21)22-9-5-2-6-10-22/h1-12,17,23,31H,13-16,18H2,(H,29,30). The van der Waals surface area contributed by atoms with Crippen molar-refractivity contribution in [3.8, 4) is 0 Å². The molecular formula is C26H26FNO3. The van der Waals surface area contributed by atoms with E-state index in [1.54, 1.807) is 6.07 Å². The molecule has 0 unspecified atom stereocenters. The van der Waals surface area contributed by atoms with Crippen LogP contribution in [0, 0.1) is 11.7 Å². The van der Waals surface area contributed by atoms with Gasteiger partial charge in [0.15, 0.2) is 0 Å². The summed E-state index contributed by atoms with van der Waals surface area (Å²) in [7, 11) is 0. The first-order chi connectivity index (χ1) is 15.0. The molecule has 5 heteroatoms. The first kappa shape index (κ1) is 21.2. The molecule has 0 bridgehead atoms. The lowest BCUT2D eigenvalue weighted by Gasteiger charge is -2.42. The summed E-state index contributed by atoms with van der Waals surface area (Å²) < 4.78 is 14.3. The van der Waals surface area contributed by atoms with Gasteiger partial charge >= 0.3 is 5.97 Å². The highest BCUT2D eigenvalue weighted by atomic mass is 19.1. The van der Waals surface area contributed by atoms with Crippen LogP contribution in [0.3, 0.4) is 0 Å². The Morgan fingerprint density at radius 3 is 1.97 bits per heavy atom. The number of carbonyl (C=O) groups is 1. The number of likely N-dealkylation sites (tertiary alicyclic amines) is 1. The van der Waals surface area contributed by atoms with Crippen molar-refractivity contribution in [1.29, 1.82) is 0 Å². The zero-order chi connectivity index (χ0) is 21.8. The third-order valence-electron chi connectivity index (χ3n) is 6.30. The third kappa shape index (κ3) is 4.38. The van der Waals surface area contributed by atoms with Gasteiger partial charge in [-0.2, -0.15) is 0 Å². The molecule has 0 aromatic heterocycles. The van der Waals surface area contributed by atoms with Crippen LogP contribution in [-0.2, 0) is 12.1 Å². The minimum atomic E-state index is -1.13. The highest BCUT2D eigenvalue weighted by molar-refractivity contribution is 5.87. The summed E-state index contributed by atoms with van der Waals surface area (Å²) in [4.78, 5) is 13.2. The molecule has 0 saturated carbocycles. The number of benzene rings is 3. The normalized spacial score (nSPS) is 15.7. The predicted octanol–water partition coefficient (Wildman–Crippen LogP) is 4.67. The molecule has 3 aromatic carbocycles. The van der Waals surface area contributed by atoms with Gasteiger partial charge in [-0.25, -0.2) is 9.18 Å². The molecule has 0 atom stereocenters. The SMILES string of the molecule is O=C(O)c1ccc(CN2CCC(C(O)(c3ccccc3)c3ccccc3)CC2)c(F)c1. The van der Waals surface area contributed by atoms with E-state index in [4.69, 9.17) is 5.11 Å². The molecule has 1 fully saturated rings. The summed E-state index contributed by atoms with van der Waals surface area (Å²) in [6, 6.07) is 23.6. The highest BCUT2D eigenvalue weighted by Crippen LogP contribution is 2.42. The second kappa shape index (κ2) is 9.00. The molecule has 3 aromatic rings. The zero-order valence-electron chi connectivity index (χ0n) is 17.2. The molecule has 2 N–H and O–H groups in total. The molecule has 1 aliphatic heterocycles. The fraction of sp³-hybridized carbons (Fsp3) is 0.269. The fourth-order valence-electron chi connectivity index (χ4n) is 4.58. The summed E-state index contributed by atoms with van der Waals surface area (Å²) in [5.74, 6) is -1.59. The quantitative estimate of drug-likeness (QED) is 0.610. The van der Waals surface area contributed by atoms with Gasteiger partial charge in [-0.05, 0) is 55.1 Å². The average Bonchev–Trinajstić information content (AvgIpc) is 2.81. The van der Waals surface area contributed by atoms with E-state index in [2.05, 4.69) is 4.90 Å². The minimum Gasteiger partial charge on any atom is -0.478 e. The maximum absolute atomic E-state index is 14.3. The first-order valence-electron chi connectivity index (χ1n) is 10.6. The minimum absolute atomic E-state index is 0.0350. The lowest BCUT2D eigenvalue weighted by molar-refractivity contribution is -0.0153. The number of halogens is 1. The molecular weight excluding hydrogens is 393 g/mol. The number of aromatic carboxylic acids is 1. The second-order valence-corrected chi connectivity index (χ2v) is 8.16. The number of aliphatic hydroxyl groups is 1. The largest absolute Gasteiger partial charge is 0.478 e. The van der Waals surface area contributed by atoms with Gasteiger partial charge in [-0.15, -0.1) is 0 Å². The molecule has 1 saturated heterocycles. The Hall–Kier alpha value is -3.02. The Labute approximate surface area is 181 Å². The van der Waals surface area contributed by atoms with E-state index in [0.29, 0.717) is 12.1 Å². The third-order valence-corrected chi connectivity index (χ3v) is 6.30. The van der Waals surface area contributed by atoms with Crippen molar-refractivity contribution in [2.24, 2.45) is 5.92 Å². The van der Waals surface area contributed by atoms with Crippen LogP contribution in [0.5, 0.6) is 0 Å². The smallest absolute Gasteiger partial charge is 0.335 e. The second-order valence-electron chi connectivity index (χ2n) is 8.16. The van der Waals surface area contributed by atoms with Crippen LogP contribution in [-0.4, -0.2) is 34.2 Å². The van der Waals surface area contributed by atoms with Crippen molar-refractivity contribution in [1.82, 2.24) is 4.90 Å². The highest BCUT2D eigenvalue weighted by Gasteiger charge is 2.41. The van der Waals surface area contributed by atoms with Crippen molar-refractivity contribution in [3.05, 3.63) is 107 Å². The summed E-state index contributed by atoms with van der Waals surface area (Å²) in [6.45, 7) is 1.88. The van der Waals surface area contributed by atoms with E-state index in [1.165, 1.54) is 6.07 Å². The maximum Gasteiger partial charge on any atom is 0.335 e. The van der Waals surface area contributed by atoms with Crippen LogP contribution in [0.25, 0.3) is 0 Å². The van der Waals surface area contributed by atoms with Gasteiger partial charge < -0.3 is 10.2 Å². The van der Waals surface area contributed by atoms with Crippen LogP contribution in [0.2, 0.25) is 0 Å². The lowest BCUT2D eigenvalue weighted by atomic mass is 9.72. The van der Waals surface area contributed by atoms with E-state index in [0.717, 1.165) is 43.1 Å². The van der Waals surface area contributed by atoms with Gasteiger partial charge in [-0.1, -0.05) is 66.7 Å². The average molecular weight is 419 g/mol. The molecule has 0 aliphatic carbocycles. The van der Waals surface area contributed by atoms with E-state index in [-0.39, 0.29) is 11.5 Å². The van der Waals surface area contributed by atoms with Crippen LogP contribution in [0.4, 0.5) is 4.39 Å². The van der Waals surface area contributed by atoms with Gasteiger partial charge in [0, 0.05) is 12.1 Å². The summed E-state index contributed by atoms with van der Waals surface area (Å²) in [5, 5.41) is 21.0. The number of hydrogen-bond acceptors (Lipinski definition) is 3. The molecule has 0 radical (unpaired) electrons. The number of rotatable bonds is 6.